The number of esters is 1. The highest BCUT2D eigenvalue weighted by atomic mass is 16.5. The standard InChI is InChI=1S/C12H12N2O3/c1-3-4-10(12(16)17-2)14-11(15)9-5-7-13-8-6-9/h1,5-8,10H,4H2,2H3,(H,14,15)/t10-/m0/s1. The summed E-state index contributed by atoms with van der Waals surface area (Å²) >= 11 is 0. The number of terminal acetylenes is 1. The Bertz CT molecular complexity index is 437. The first kappa shape index (κ1) is 12.7. The molecule has 1 amide bonds. The molecule has 5 nitrogen and oxygen atoms in total. The molecule has 1 atom stereocenters. The Morgan fingerprint density at radius 2 is 2.18 bits per heavy atom. The molecule has 0 spiro atoms. The van der Waals surface area contributed by atoms with E-state index < -0.39 is 17.9 Å². The lowest BCUT2D eigenvalue weighted by molar-refractivity contribution is -0.142. The third-order valence-corrected chi connectivity index (χ3v) is 2.06. The summed E-state index contributed by atoms with van der Waals surface area (Å²) in [5.74, 6) is 1.36. The minimum Gasteiger partial charge on any atom is -0.467 e. The predicted octanol–water partition coefficient (Wildman–Crippen LogP) is 0.376. The monoisotopic (exact) mass is 232 g/mol. The van der Waals surface area contributed by atoms with E-state index in [2.05, 4.69) is 21.0 Å². The van der Waals surface area contributed by atoms with Crippen molar-refractivity contribution in [2.75, 3.05) is 7.11 Å². The molecule has 88 valence electrons. The van der Waals surface area contributed by atoms with Crippen LogP contribution in [0.5, 0.6) is 0 Å². The zero-order valence-electron chi connectivity index (χ0n) is 9.34. The summed E-state index contributed by atoms with van der Waals surface area (Å²) in [6.07, 6.45) is 8.18. The number of aromatic nitrogens is 1. The molecule has 1 aromatic rings. The van der Waals surface area contributed by atoms with Crippen LogP contribution in [0.1, 0.15) is 16.8 Å². The van der Waals surface area contributed by atoms with Gasteiger partial charge in [-0.15, -0.1) is 12.3 Å². The van der Waals surface area contributed by atoms with E-state index in [1.165, 1.54) is 19.5 Å². The van der Waals surface area contributed by atoms with Crippen molar-refractivity contribution < 1.29 is 14.3 Å². The lowest BCUT2D eigenvalue weighted by Gasteiger charge is -2.13. The first-order chi connectivity index (χ1) is 8.19. The molecular weight excluding hydrogens is 220 g/mol. The number of nitrogens with zero attached hydrogens (tertiary/aromatic N) is 1. The number of amides is 1. The molecule has 1 rings (SSSR count). The quantitative estimate of drug-likeness (QED) is 0.601. The lowest BCUT2D eigenvalue weighted by atomic mass is 10.2. The van der Waals surface area contributed by atoms with Crippen molar-refractivity contribution in [1.29, 1.82) is 0 Å². The molecule has 0 fully saturated rings. The summed E-state index contributed by atoms with van der Waals surface area (Å²) in [6, 6.07) is 2.25. The number of rotatable bonds is 4. The smallest absolute Gasteiger partial charge is 0.329 e. The Balaban J connectivity index is 2.72. The molecule has 0 radical (unpaired) electrons. The third kappa shape index (κ3) is 3.61. The fourth-order valence-corrected chi connectivity index (χ4v) is 1.20. The van der Waals surface area contributed by atoms with Gasteiger partial charge in [0, 0.05) is 24.4 Å². The van der Waals surface area contributed by atoms with Crippen molar-refractivity contribution >= 4 is 11.9 Å². The molecule has 1 heterocycles. The molecular formula is C12H12N2O3. The molecule has 1 N–H and O–H groups in total. The Morgan fingerprint density at radius 3 is 2.71 bits per heavy atom. The maximum atomic E-state index is 11.7. The highest BCUT2D eigenvalue weighted by Gasteiger charge is 2.20. The average Bonchev–Trinajstić information content (AvgIpc) is 2.38. The number of hydrogen-bond acceptors (Lipinski definition) is 4. The minimum atomic E-state index is -0.828. The summed E-state index contributed by atoms with van der Waals surface area (Å²) < 4.78 is 4.54. The zero-order valence-corrected chi connectivity index (χ0v) is 9.34. The SMILES string of the molecule is C#CC[C@H](NC(=O)c1ccncc1)C(=O)OC. The Kier molecular flexibility index (Phi) is 4.70. The number of carbonyl (C=O) groups is 2. The Hall–Kier alpha value is -2.35. The van der Waals surface area contributed by atoms with Crippen LogP contribution in [-0.2, 0) is 9.53 Å². The van der Waals surface area contributed by atoms with Crippen LogP contribution in [0.3, 0.4) is 0 Å². The second kappa shape index (κ2) is 6.28. The summed E-state index contributed by atoms with van der Waals surface area (Å²) in [6.45, 7) is 0. The molecule has 1 aromatic heterocycles. The van der Waals surface area contributed by atoms with Gasteiger partial charge >= 0.3 is 5.97 Å². The molecule has 0 aliphatic carbocycles. The average molecular weight is 232 g/mol. The van der Waals surface area contributed by atoms with E-state index >= 15 is 0 Å². The lowest BCUT2D eigenvalue weighted by Crippen LogP contribution is -2.41. The molecule has 17 heavy (non-hydrogen) atoms. The van der Waals surface area contributed by atoms with Crippen LogP contribution < -0.4 is 5.32 Å². The first-order valence-corrected chi connectivity index (χ1v) is 4.91. The number of ether oxygens (including phenoxy) is 1. The van der Waals surface area contributed by atoms with E-state index in [-0.39, 0.29) is 6.42 Å². The van der Waals surface area contributed by atoms with Crippen LogP contribution in [-0.4, -0.2) is 30.0 Å². The predicted molar refractivity (Wildman–Crippen MR) is 61.0 cm³/mol. The fraction of sp³-hybridized carbons (Fsp3) is 0.250. The van der Waals surface area contributed by atoms with Crippen LogP contribution in [0.4, 0.5) is 0 Å². The van der Waals surface area contributed by atoms with Gasteiger partial charge in [0.25, 0.3) is 5.91 Å². The molecule has 0 unspecified atom stereocenters. The molecule has 0 saturated carbocycles. The second-order valence-corrected chi connectivity index (χ2v) is 3.19. The number of pyridine rings is 1. The zero-order chi connectivity index (χ0) is 12.7. The van der Waals surface area contributed by atoms with Crippen molar-refractivity contribution in [2.45, 2.75) is 12.5 Å². The first-order valence-electron chi connectivity index (χ1n) is 4.91. The third-order valence-electron chi connectivity index (χ3n) is 2.06. The maximum absolute atomic E-state index is 11.7. The van der Waals surface area contributed by atoms with E-state index in [0.29, 0.717) is 5.56 Å². The number of carbonyl (C=O) groups excluding carboxylic acids is 2. The van der Waals surface area contributed by atoms with Crippen LogP contribution >= 0.6 is 0 Å². The minimum absolute atomic E-state index is 0.0868. The van der Waals surface area contributed by atoms with E-state index in [9.17, 15) is 9.59 Å². The summed E-state index contributed by atoms with van der Waals surface area (Å²) in [5, 5.41) is 2.50. The van der Waals surface area contributed by atoms with Crippen molar-refractivity contribution in [2.24, 2.45) is 0 Å². The normalized spacial score (nSPS) is 11.1. The van der Waals surface area contributed by atoms with Gasteiger partial charge in [-0.2, -0.15) is 0 Å². The molecule has 0 saturated heterocycles. The van der Waals surface area contributed by atoms with E-state index in [1.807, 2.05) is 0 Å². The van der Waals surface area contributed by atoms with Crippen LogP contribution in [0.2, 0.25) is 0 Å². The van der Waals surface area contributed by atoms with Crippen molar-refractivity contribution in [3.8, 4) is 12.3 Å². The number of methoxy groups -OCH3 is 1. The molecule has 0 bridgehead atoms. The fourth-order valence-electron chi connectivity index (χ4n) is 1.20. The molecule has 0 aliphatic rings. The highest BCUT2D eigenvalue weighted by molar-refractivity contribution is 5.96. The second-order valence-electron chi connectivity index (χ2n) is 3.19. The Morgan fingerprint density at radius 1 is 1.53 bits per heavy atom. The van der Waals surface area contributed by atoms with Gasteiger partial charge in [0.15, 0.2) is 0 Å². The molecule has 0 aliphatic heterocycles. The van der Waals surface area contributed by atoms with Gasteiger partial charge in [-0.3, -0.25) is 9.78 Å². The number of nitrogens with one attached hydrogen (secondary N) is 1. The number of hydrogen-bond donors (Lipinski definition) is 1. The van der Waals surface area contributed by atoms with Gasteiger partial charge in [-0.05, 0) is 12.1 Å². The van der Waals surface area contributed by atoms with Crippen molar-refractivity contribution in [3.05, 3.63) is 30.1 Å². The largest absolute Gasteiger partial charge is 0.467 e. The van der Waals surface area contributed by atoms with Gasteiger partial charge in [0.05, 0.1) is 7.11 Å². The summed E-state index contributed by atoms with van der Waals surface area (Å²) in [4.78, 5) is 26.8. The van der Waals surface area contributed by atoms with Gasteiger partial charge in [0.1, 0.15) is 6.04 Å². The van der Waals surface area contributed by atoms with Gasteiger partial charge in [-0.1, -0.05) is 0 Å². The molecule has 0 aromatic carbocycles. The van der Waals surface area contributed by atoms with Gasteiger partial charge in [-0.25, -0.2) is 4.79 Å². The summed E-state index contributed by atoms with van der Waals surface area (Å²) in [5.41, 5.74) is 0.408. The van der Waals surface area contributed by atoms with Crippen LogP contribution in [0, 0.1) is 12.3 Å². The van der Waals surface area contributed by atoms with Crippen molar-refractivity contribution in [3.63, 3.8) is 0 Å². The Labute approximate surface area is 99.2 Å². The maximum Gasteiger partial charge on any atom is 0.329 e. The van der Waals surface area contributed by atoms with Gasteiger partial charge < -0.3 is 10.1 Å². The van der Waals surface area contributed by atoms with Crippen molar-refractivity contribution in [1.82, 2.24) is 10.3 Å². The summed E-state index contributed by atoms with van der Waals surface area (Å²) in [7, 11) is 1.24. The van der Waals surface area contributed by atoms with E-state index in [0.717, 1.165) is 0 Å². The van der Waals surface area contributed by atoms with E-state index in [4.69, 9.17) is 6.42 Å². The van der Waals surface area contributed by atoms with Crippen LogP contribution in [0.25, 0.3) is 0 Å². The van der Waals surface area contributed by atoms with Gasteiger partial charge in [0.2, 0.25) is 0 Å². The van der Waals surface area contributed by atoms with E-state index in [1.54, 1.807) is 12.1 Å². The van der Waals surface area contributed by atoms with Crippen LogP contribution in [0.15, 0.2) is 24.5 Å². The molecule has 5 heteroatoms. The topological polar surface area (TPSA) is 68.3 Å². The highest BCUT2D eigenvalue weighted by Crippen LogP contribution is 2.00.